The zero-order valence-corrected chi connectivity index (χ0v) is 10.5. The molecule has 1 fully saturated rings. The van der Waals surface area contributed by atoms with E-state index in [9.17, 15) is 4.79 Å². The summed E-state index contributed by atoms with van der Waals surface area (Å²) in [6.45, 7) is 2.57. The van der Waals surface area contributed by atoms with E-state index in [1.807, 2.05) is 29.8 Å². The fourth-order valence-electron chi connectivity index (χ4n) is 1.28. The van der Waals surface area contributed by atoms with Gasteiger partial charge in [0.25, 0.3) is 5.91 Å². The van der Waals surface area contributed by atoms with Gasteiger partial charge in [-0.15, -0.1) is 0 Å². The Labute approximate surface area is 102 Å². The van der Waals surface area contributed by atoms with Crippen LogP contribution in [-0.2, 0) is 4.79 Å². The molecule has 1 aromatic heterocycles. The molecular formula is C10H9NOS3. The van der Waals surface area contributed by atoms with E-state index in [-0.39, 0.29) is 5.91 Å². The van der Waals surface area contributed by atoms with Crippen molar-refractivity contribution in [1.29, 1.82) is 0 Å². The first kappa shape index (κ1) is 10.9. The van der Waals surface area contributed by atoms with Crippen molar-refractivity contribution >= 4 is 51.6 Å². The van der Waals surface area contributed by atoms with Gasteiger partial charge in [-0.1, -0.05) is 24.0 Å². The number of rotatable bonds is 2. The Morgan fingerprint density at radius 1 is 1.60 bits per heavy atom. The van der Waals surface area contributed by atoms with Crippen LogP contribution in [0.1, 0.15) is 12.5 Å². The van der Waals surface area contributed by atoms with Crippen molar-refractivity contribution in [3.63, 3.8) is 0 Å². The monoisotopic (exact) mass is 255 g/mol. The Morgan fingerprint density at radius 3 is 2.93 bits per heavy atom. The molecule has 0 atom stereocenters. The molecule has 0 bridgehead atoms. The molecule has 15 heavy (non-hydrogen) atoms. The average molecular weight is 255 g/mol. The van der Waals surface area contributed by atoms with Gasteiger partial charge in [-0.3, -0.25) is 9.69 Å². The summed E-state index contributed by atoms with van der Waals surface area (Å²) in [5.41, 5.74) is 1.07. The smallest absolute Gasteiger partial charge is 0.266 e. The van der Waals surface area contributed by atoms with E-state index in [0.29, 0.717) is 10.9 Å². The van der Waals surface area contributed by atoms with Crippen LogP contribution in [0.15, 0.2) is 21.7 Å². The molecule has 0 aromatic carbocycles. The zero-order chi connectivity index (χ0) is 10.8. The molecule has 2 rings (SSSR count). The topological polar surface area (TPSA) is 20.3 Å². The Hall–Kier alpha value is -0.650. The van der Waals surface area contributed by atoms with Crippen molar-refractivity contribution in [2.45, 2.75) is 6.92 Å². The molecule has 2 nitrogen and oxygen atoms in total. The fourth-order valence-corrected chi connectivity index (χ4v) is 3.28. The molecule has 5 heteroatoms. The minimum Gasteiger partial charge on any atom is -0.293 e. The van der Waals surface area contributed by atoms with Gasteiger partial charge in [-0.2, -0.15) is 11.3 Å². The summed E-state index contributed by atoms with van der Waals surface area (Å²) in [5, 5.41) is 4.00. The second-order valence-corrected chi connectivity index (χ2v) is 5.44. The first-order chi connectivity index (χ1) is 7.22. The Morgan fingerprint density at radius 2 is 2.40 bits per heavy atom. The summed E-state index contributed by atoms with van der Waals surface area (Å²) >= 11 is 8.12. The molecule has 1 aliphatic rings. The first-order valence-electron chi connectivity index (χ1n) is 4.50. The van der Waals surface area contributed by atoms with Crippen molar-refractivity contribution in [2.75, 3.05) is 6.54 Å². The van der Waals surface area contributed by atoms with E-state index >= 15 is 0 Å². The van der Waals surface area contributed by atoms with Gasteiger partial charge in [-0.05, 0) is 35.4 Å². The summed E-state index contributed by atoms with van der Waals surface area (Å²) < 4.78 is 0.656. The van der Waals surface area contributed by atoms with Crippen molar-refractivity contribution < 1.29 is 4.79 Å². The molecule has 0 aliphatic carbocycles. The van der Waals surface area contributed by atoms with E-state index in [1.165, 1.54) is 11.8 Å². The molecular weight excluding hydrogens is 246 g/mol. The number of thiocarbonyl (C=S) groups is 1. The maximum Gasteiger partial charge on any atom is 0.266 e. The SMILES string of the molecule is CCN1C(=O)/C(=C/c2ccsc2)SC1=S. The molecule has 2 heterocycles. The summed E-state index contributed by atoms with van der Waals surface area (Å²) in [6.07, 6.45) is 1.89. The van der Waals surface area contributed by atoms with Crippen LogP contribution in [0.3, 0.4) is 0 Å². The standard InChI is InChI=1S/C10H9NOS3/c1-2-11-9(12)8(15-10(11)13)5-7-3-4-14-6-7/h3-6H,2H2,1H3/b8-5-. The predicted octanol–water partition coefficient (Wildman–Crippen LogP) is 2.97. The summed E-state index contributed by atoms with van der Waals surface area (Å²) in [7, 11) is 0. The van der Waals surface area contributed by atoms with Crippen LogP contribution in [0.5, 0.6) is 0 Å². The summed E-state index contributed by atoms with van der Waals surface area (Å²) in [5.74, 6) is 0.0266. The Bertz CT molecular complexity index is 422. The van der Waals surface area contributed by atoms with Crippen LogP contribution < -0.4 is 0 Å². The first-order valence-corrected chi connectivity index (χ1v) is 6.66. The van der Waals surface area contributed by atoms with Crippen molar-refractivity contribution in [1.82, 2.24) is 4.90 Å². The molecule has 0 N–H and O–H groups in total. The second kappa shape index (κ2) is 4.47. The number of hydrogen-bond acceptors (Lipinski definition) is 4. The molecule has 0 unspecified atom stereocenters. The number of hydrogen-bond donors (Lipinski definition) is 0. The lowest BCUT2D eigenvalue weighted by molar-refractivity contribution is -0.121. The van der Waals surface area contributed by atoms with E-state index in [4.69, 9.17) is 12.2 Å². The minimum atomic E-state index is 0.0266. The molecule has 78 valence electrons. The van der Waals surface area contributed by atoms with Crippen LogP contribution in [-0.4, -0.2) is 21.7 Å². The minimum absolute atomic E-state index is 0.0266. The van der Waals surface area contributed by atoms with Gasteiger partial charge in [-0.25, -0.2) is 0 Å². The molecule has 0 saturated carbocycles. The van der Waals surface area contributed by atoms with Gasteiger partial charge in [0.1, 0.15) is 4.32 Å². The van der Waals surface area contributed by atoms with E-state index in [2.05, 4.69) is 0 Å². The number of carbonyl (C=O) groups is 1. The summed E-state index contributed by atoms with van der Waals surface area (Å²) in [4.78, 5) is 14.2. The highest BCUT2D eigenvalue weighted by Crippen LogP contribution is 2.32. The maximum atomic E-state index is 11.8. The third-order valence-electron chi connectivity index (χ3n) is 2.03. The van der Waals surface area contributed by atoms with Crippen molar-refractivity contribution in [2.24, 2.45) is 0 Å². The van der Waals surface area contributed by atoms with Gasteiger partial charge >= 0.3 is 0 Å². The largest absolute Gasteiger partial charge is 0.293 e. The third-order valence-corrected chi connectivity index (χ3v) is 4.11. The molecule has 1 aliphatic heterocycles. The Kier molecular flexibility index (Phi) is 3.23. The average Bonchev–Trinajstić information content (AvgIpc) is 2.78. The van der Waals surface area contributed by atoms with Crippen molar-refractivity contribution in [3.8, 4) is 0 Å². The predicted molar refractivity (Wildman–Crippen MR) is 69.9 cm³/mol. The lowest BCUT2D eigenvalue weighted by atomic mass is 10.3. The van der Waals surface area contributed by atoms with E-state index < -0.39 is 0 Å². The molecule has 1 saturated heterocycles. The van der Waals surface area contributed by atoms with Crippen LogP contribution in [0.4, 0.5) is 0 Å². The summed E-state index contributed by atoms with van der Waals surface area (Å²) in [6, 6.07) is 1.99. The van der Waals surface area contributed by atoms with Gasteiger partial charge in [0.05, 0.1) is 4.91 Å². The highest BCUT2D eigenvalue weighted by Gasteiger charge is 2.30. The quantitative estimate of drug-likeness (QED) is 0.598. The molecule has 0 radical (unpaired) electrons. The lowest BCUT2D eigenvalue weighted by Crippen LogP contribution is -2.27. The zero-order valence-electron chi connectivity index (χ0n) is 8.10. The van der Waals surface area contributed by atoms with E-state index in [0.717, 1.165) is 10.5 Å². The van der Waals surface area contributed by atoms with Crippen LogP contribution in [0.25, 0.3) is 6.08 Å². The Balaban J connectivity index is 2.26. The molecule has 1 amide bonds. The van der Waals surface area contributed by atoms with Gasteiger partial charge < -0.3 is 0 Å². The second-order valence-electron chi connectivity index (χ2n) is 2.98. The van der Waals surface area contributed by atoms with Crippen molar-refractivity contribution in [3.05, 3.63) is 27.3 Å². The molecule has 0 spiro atoms. The van der Waals surface area contributed by atoms with E-state index in [1.54, 1.807) is 16.2 Å². The maximum absolute atomic E-state index is 11.8. The van der Waals surface area contributed by atoms with Gasteiger partial charge in [0, 0.05) is 6.54 Å². The highest BCUT2D eigenvalue weighted by molar-refractivity contribution is 8.26. The third kappa shape index (κ3) is 2.14. The normalized spacial score (nSPS) is 19.3. The number of nitrogens with zero attached hydrogens (tertiary/aromatic N) is 1. The number of thiophene rings is 1. The lowest BCUT2D eigenvalue weighted by Gasteiger charge is -2.09. The number of likely N-dealkylation sites (N-methyl/N-ethyl adjacent to an activating group) is 1. The number of amides is 1. The van der Waals surface area contributed by atoms with Crippen LogP contribution in [0.2, 0.25) is 0 Å². The highest BCUT2D eigenvalue weighted by atomic mass is 32.2. The molecule has 1 aromatic rings. The fraction of sp³-hybridized carbons (Fsp3) is 0.200. The number of carbonyl (C=O) groups excluding carboxylic acids is 1. The van der Waals surface area contributed by atoms with Crippen LogP contribution in [0, 0.1) is 0 Å². The number of thioether (sulfide) groups is 1. The van der Waals surface area contributed by atoms with Gasteiger partial charge in [0.15, 0.2) is 0 Å². The van der Waals surface area contributed by atoms with Gasteiger partial charge in [0.2, 0.25) is 0 Å². The van der Waals surface area contributed by atoms with Crippen LogP contribution >= 0.6 is 35.3 Å².